The molecule has 1 aromatic carbocycles. The molecule has 2 aliphatic carbocycles. The van der Waals surface area contributed by atoms with Gasteiger partial charge in [-0.2, -0.15) is 0 Å². The molecule has 2 aliphatic rings. The molecule has 5 heteroatoms. The number of carbonyl (C=O) groups is 1. The van der Waals surface area contributed by atoms with Crippen LogP contribution in [-0.2, 0) is 0 Å². The number of hydrogen-bond acceptors (Lipinski definition) is 3. The van der Waals surface area contributed by atoms with Gasteiger partial charge in [0.25, 0.3) is 5.91 Å². The van der Waals surface area contributed by atoms with Crippen LogP contribution in [0.15, 0.2) is 18.2 Å². The second-order valence-corrected chi connectivity index (χ2v) is 6.43. The molecule has 2 saturated carbocycles. The number of para-hydroxylation sites is 1. The highest BCUT2D eigenvalue weighted by molar-refractivity contribution is 5.99. The zero-order chi connectivity index (χ0) is 15.0. The number of benzene rings is 1. The second-order valence-electron chi connectivity index (χ2n) is 6.43. The summed E-state index contributed by atoms with van der Waals surface area (Å²) in [6, 6.07) is 4.44. The number of halogens is 1. The van der Waals surface area contributed by atoms with E-state index < -0.39 is 5.82 Å². The predicted molar refractivity (Wildman–Crippen MR) is 80.1 cm³/mol. The summed E-state index contributed by atoms with van der Waals surface area (Å²) in [5.74, 6) is 6.89. The number of anilines is 1. The topological polar surface area (TPSA) is 58.4 Å². The highest BCUT2D eigenvalue weighted by atomic mass is 19.1. The van der Waals surface area contributed by atoms with Gasteiger partial charge in [0.15, 0.2) is 0 Å². The maximum Gasteiger partial charge on any atom is 0.255 e. The maximum atomic E-state index is 13.7. The van der Waals surface area contributed by atoms with E-state index in [0.717, 1.165) is 18.4 Å². The van der Waals surface area contributed by atoms with Gasteiger partial charge in [-0.1, -0.05) is 12.5 Å². The first-order chi connectivity index (χ1) is 10.1. The lowest BCUT2D eigenvalue weighted by atomic mass is 9.88. The van der Waals surface area contributed by atoms with Crippen LogP contribution in [0.1, 0.15) is 36.0 Å². The molecule has 3 rings (SSSR count). The Morgan fingerprint density at radius 2 is 2.24 bits per heavy atom. The minimum Gasteiger partial charge on any atom is -0.341 e. The van der Waals surface area contributed by atoms with E-state index in [1.165, 1.54) is 37.8 Å². The molecule has 2 fully saturated rings. The number of rotatable bonds is 4. The number of hydrazine groups is 1. The predicted octanol–water partition coefficient (Wildman–Crippen LogP) is 2.62. The minimum absolute atomic E-state index is 0.0716. The van der Waals surface area contributed by atoms with E-state index in [0.29, 0.717) is 11.5 Å². The van der Waals surface area contributed by atoms with Crippen molar-refractivity contribution in [1.29, 1.82) is 0 Å². The Kier molecular flexibility index (Phi) is 3.85. The van der Waals surface area contributed by atoms with Crippen molar-refractivity contribution in [3.05, 3.63) is 29.6 Å². The van der Waals surface area contributed by atoms with Crippen molar-refractivity contribution in [1.82, 2.24) is 4.90 Å². The first kappa shape index (κ1) is 14.3. The van der Waals surface area contributed by atoms with E-state index in [1.807, 2.05) is 0 Å². The molecule has 1 amide bonds. The molecule has 0 aliphatic heterocycles. The van der Waals surface area contributed by atoms with Crippen molar-refractivity contribution in [3.8, 4) is 0 Å². The van der Waals surface area contributed by atoms with Gasteiger partial charge in [0.1, 0.15) is 5.82 Å². The van der Waals surface area contributed by atoms with Crippen LogP contribution in [0.2, 0.25) is 0 Å². The molecular weight excluding hydrogens is 269 g/mol. The first-order valence-corrected chi connectivity index (χ1v) is 7.60. The molecule has 3 N–H and O–H groups in total. The number of nitrogen functional groups attached to an aromatic ring is 1. The Morgan fingerprint density at radius 3 is 2.86 bits per heavy atom. The average molecular weight is 291 g/mol. The Balaban J connectivity index is 1.71. The van der Waals surface area contributed by atoms with Crippen LogP contribution < -0.4 is 11.3 Å². The summed E-state index contributed by atoms with van der Waals surface area (Å²) in [5, 5.41) is 0. The van der Waals surface area contributed by atoms with Crippen molar-refractivity contribution in [3.63, 3.8) is 0 Å². The van der Waals surface area contributed by atoms with E-state index >= 15 is 0 Å². The fraction of sp³-hybridized carbons (Fsp3) is 0.562. The van der Waals surface area contributed by atoms with Crippen LogP contribution in [0.5, 0.6) is 0 Å². The fourth-order valence-electron chi connectivity index (χ4n) is 4.09. The second kappa shape index (κ2) is 5.64. The highest BCUT2D eigenvalue weighted by Gasteiger charge is 2.40. The van der Waals surface area contributed by atoms with Crippen LogP contribution in [0.3, 0.4) is 0 Å². The number of hydrogen-bond donors (Lipinski definition) is 2. The van der Waals surface area contributed by atoms with Crippen LogP contribution in [-0.4, -0.2) is 24.4 Å². The Labute approximate surface area is 124 Å². The van der Waals surface area contributed by atoms with E-state index in [-0.39, 0.29) is 11.6 Å². The van der Waals surface area contributed by atoms with Gasteiger partial charge in [0.2, 0.25) is 0 Å². The number of nitrogens with two attached hydrogens (primary N) is 1. The van der Waals surface area contributed by atoms with Crippen molar-refractivity contribution in [2.75, 3.05) is 19.0 Å². The van der Waals surface area contributed by atoms with Crippen molar-refractivity contribution in [2.45, 2.75) is 25.7 Å². The Bertz CT molecular complexity index is 548. The van der Waals surface area contributed by atoms with Gasteiger partial charge >= 0.3 is 0 Å². The van der Waals surface area contributed by atoms with E-state index in [2.05, 4.69) is 5.43 Å². The largest absolute Gasteiger partial charge is 0.341 e. The standard InChI is InChI=1S/C16H22FN3O/c1-20(9-12-8-10-5-6-11(12)7-10)16(21)13-3-2-4-14(17)15(13)19-18/h2-4,10-12,19H,5-9,18H2,1H3. The van der Waals surface area contributed by atoms with Crippen LogP contribution in [0, 0.1) is 23.6 Å². The van der Waals surface area contributed by atoms with E-state index in [1.54, 1.807) is 18.0 Å². The minimum atomic E-state index is -0.503. The molecule has 4 nitrogen and oxygen atoms in total. The van der Waals surface area contributed by atoms with Gasteiger partial charge in [-0.25, -0.2) is 4.39 Å². The Hall–Kier alpha value is -1.62. The van der Waals surface area contributed by atoms with Gasteiger partial charge in [-0.15, -0.1) is 0 Å². The first-order valence-electron chi connectivity index (χ1n) is 7.60. The SMILES string of the molecule is CN(CC1CC2CCC1C2)C(=O)c1cccc(F)c1NN. The van der Waals surface area contributed by atoms with Crippen LogP contribution in [0.4, 0.5) is 10.1 Å². The van der Waals surface area contributed by atoms with E-state index in [4.69, 9.17) is 5.84 Å². The third-order valence-electron chi connectivity index (χ3n) is 5.13. The van der Waals surface area contributed by atoms with Crippen LogP contribution in [0.25, 0.3) is 0 Å². The van der Waals surface area contributed by atoms with E-state index in [9.17, 15) is 9.18 Å². The monoisotopic (exact) mass is 291 g/mol. The molecule has 21 heavy (non-hydrogen) atoms. The molecule has 0 aromatic heterocycles. The van der Waals surface area contributed by atoms with Crippen molar-refractivity contribution >= 4 is 11.6 Å². The summed E-state index contributed by atoms with van der Waals surface area (Å²) in [7, 11) is 1.79. The lowest BCUT2D eigenvalue weighted by molar-refractivity contribution is 0.0755. The van der Waals surface area contributed by atoms with Crippen molar-refractivity contribution in [2.24, 2.45) is 23.6 Å². The summed E-state index contributed by atoms with van der Waals surface area (Å²) >= 11 is 0. The molecule has 0 saturated heterocycles. The smallest absolute Gasteiger partial charge is 0.255 e. The number of fused-ring (bicyclic) bond motifs is 2. The van der Waals surface area contributed by atoms with Gasteiger partial charge < -0.3 is 10.3 Å². The quantitative estimate of drug-likeness (QED) is 0.662. The molecule has 0 spiro atoms. The van der Waals surface area contributed by atoms with Gasteiger partial charge in [-0.05, 0) is 49.1 Å². The van der Waals surface area contributed by atoms with Gasteiger partial charge in [0.05, 0.1) is 11.3 Å². The molecule has 2 bridgehead atoms. The molecule has 0 heterocycles. The number of nitrogens with one attached hydrogen (secondary N) is 1. The number of amides is 1. The Morgan fingerprint density at radius 1 is 1.43 bits per heavy atom. The molecular formula is C16H22FN3O. The number of nitrogens with zero attached hydrogens (tertiary/aromatic N) is 1. The fourth-order valence-corrected chi connectivity index (χ4v) is 4.09. The third kappa shape index (κ3) is 2.62. The summed E-state index contributed by atoms with van der Waals surface area (Å²) in [6.07, 6.45) is 5.20. The normalized spacial score (nSPS) is 26.9. The van der Waals surface area contributed by atoms with Crippen LogP contribution >= 0.6 is 0 Å². The zero-order valence-electron chi connectivity index (χ0n) is 12.3. The summed E-state index contributed by atoms with van der Waals surface area (Å²) in [6.45, 7) is 0.751. The molecule has 114 valence electrons. The maximum absolute atomic E-state index is 13.7. The highest BCUT2D eigenvalue weighted by Crippen LogP contribution is 2.48. The lowest BCUT2D eigenvalue weighted by Crippen LogP contribution is -2.34. The van der Waals surface area contributed by atoms with Gasteiger partial charge in [0, 0.05) is 13.6 Å². The molecule has 3 unspecified atom stereocenters. The summed E-state index contributed by atoms with van der Waals surface area (Å²) < 4.78 is 13.7. The summed E-state index contributed by atoms with van der Waals surface area (Å²) in [4.78, 5) is 14.2. The van der Waals surface area contributed by atoms with Crippen molar-refractivity contribution < 1.29 is 9.18 Å². The zero-order valence-corrected chi connectivity index (χ0v) is 12.3. The molecule has 0 radical (unpaired) electrons. The van der Waals surface area contributed by atoms with Gasteiger partial charge in [-0.3, -0.25) is 10.6 Å². The molecule has 3 atom stereocenters. The number of carbonyl (C=O) groups excluding carboxylic acids is 1. The lowest BCUT2D eigenvalue weighted by Gasteiger charge is -2.27. The average Bonchev–Trinajstić information content (AvgIpc) is 3.08. The summed E-state index contributed by atoms with van der Waals surface area (Å²) in [5.41, 5.74) is 2.66. The third-order valence-corrected chi connectivity index (χ3v) is 5.13. The molecule has 1 aromatic rings.